The molecule has 1 aromatic carbocycles. The Hall–Kier alpha value is -1.33. The van der Waals surface area contributed by atoms with Crippen molar-refractivity contribution >= 4 is 40.3 Å². The number of fused-ring (bicyclic) bond motifs is 1. The van der Waals surface area contributed by atoms with Crippen molar-refractivity contribution < 1.29 is 23.2 Å². The second-order valence-corrected chi connectivity index (χ2v) is 7.56. The fourth-order valence-corrected chi connectivity index (χ4v) is 4.38. The van der Waals surface area contributed by atoms with E-state index in [1.807, 2.05) is 0 Å². The van der Waals surface area contributed by atoms with Gasteiger partial charge in [0, 0.05) is 10.3 Å². The first-order chi connectivity index (χ1) is 10.4. The van der Waals surface area contributed by atoms with Crippen LogP contribution in [-0.2, 0) is 13.6 Å². The van der Waals surface area contributed by atoms with Gasteiger partial charge in [0.25, 0.3) is 5.52 Å². The number of benzene rings is 1. The van der Waals surface area contributed by atoms with Gasteiger partial charge < -0.3 is 9.05 Å². The minimum atomic E-state index is -3.82. The van der Waals surface area contributed by atoms with Gasteiger partial charge in [0.1, 0.15) is 0 Å². The third kappa shape index (κ3) is 3.36. The zero-order valence-electron chi connectivity index (χ0n) is 12.6. The molecule has 0 saturated heterocycles. The van der Waals surface area contributed by atoms with Gasteiger partial charge >= 0.3 is 7.60 Å². The summed E-state index contributed by atoms with van der Waals surface area (Å²) in [5, 5.41) is 0.764. The molecule has 2 rings (SSSR count). The summed E-state index contributed by atoms with van der Waals surface area (Å²) in [7, 11) is -3.82. The highest BCUT2D eigenvalue weighted by atomic mass is 32.1. The minimum absolute atomic E-state index is 0.0246. The lowest BCUT2D eigenvalue weighted by molar-refractivity contribution is 0.0999. The molecule has 2 aromatic rings. The van der Waals surface area contributed by atoms with Gasteiger partial charge in [0.05, 0.1) is 18.1 Å². The molecule has 0 amide bonds. The van der Waals surface area contributed by atoms with Crippen LogP contribution in [0.25, 0.3) is 10.1 Å². The molecule has 0 fully saturated rings. The molecule has 5 nitrogen and oxygen atoms in total. The molecular weight excluding hydrogens is 323 g/mol. The zero-order chi connectivity index (χ0) is 16.3. The highest BCUT2D eigenvalue weighted by Crippen LogP contribution is 2.51. The van der Waals surface area contributed by atoms with Crippen molar-refractivity contribution in [2.75, 3.05) is 13.2 Å². The lowest BCUT2D eigenvalue weighted by Crippen LogP contribution is -2.07. The number of hydrogen-bond donors (Lipinski definition) is 0. The molecule has 0 spiro atoms. The van der Waals surface area contributed by atoms with Crippen molar-refractivity contribution in [3.63, 3.8) is 0 Å². The average Bonchev–Trinajstić information content (AvgIpc) is 2.90. The van der Waals surface area contributed by atoms with Crippen LogP contribution in [0.4, 0.5) is 0 Å². The largest absolute Gasteiger partial charge is 0.401 e. The Morgan fingerprint density at radius 1 is 1.14 bits per heavy atom. The van der Waals surface area contributed by atoms with Crippen LogP contribution >= 0.6 is 18.9 Å². The van der Waals surface area contributed by atoms with Crippen LogP contribution in [0.3, 0.4) is 0 Å². The van der Waals surface area contributed by atoms with E-state index < -0.39 is 13.1 Å². The fourth-order valence-electron chi connectivity index (χ4n) is 2.00. The monoisotopic (exact) mass is 340 g/mol. The topological polar surface area (TPSA) is 69.7 Å². The number of hydrogen-bond acceptors (Lipinski definition) is 6. The van der Waals surface area contributed by atoms with Crippen LogP contribution in [-0.4, -0.2) is 24.5 Å². The summed E-state index contributed by atoms with van der Waals surface area (Å²) in [6.45, 7) is 5.05. The van der Waals surface area contributed by atoms with Crippen LogP contribution in [0, 0.1) is 0 Å². The highest BCUT2D eigenvalue weighted by Gasteiger charge is 2.35. The predicted octanol–water partition coefficient (Wildman–Crippen LogP) is 4.51. The molecule has 1 aromatic heterocycles. The maximum absolute atomic E-state index is 12.5. The van der Waals surface area contributed by atoms with E-state index in [0.717, 1.165) is 10.1 Å². The zero-order valence-corrected chi connectivity index (χ0v) is 14.3. The summed E-state index contributed by atoms with van der Waals surface area (Å²) >= 11 is 1.36. The van der Waals surface area contributed by atoms with E-state index in [1.54, 1.807) is 38.1 Å². The SMILES string of the molecule is CCOP(=O)(OCC)C(=O)c1ccc2sc(C(C)=O)cc2c1. The van der Waals surface area contributed by atoms with Gasteiger partial charge in [0.2, 0.25) is 0 Å². The Kier molecular flexibility index (Phi) is 5.29. The molecule has 0 aliphatic carbocycles. The molecule has 0 saturated carbocycles. The van der Waals surface area contributed by atoms with Crippen molar-refractivity contribution in [3.05, 3.63) is 34.7 Å². The summed E-state index contributed by atoms with van der Waals surface area (Å²) in [6, 6.07) is 6.66. The van der Waals surface area contributed by atoms with E-state index in [9.17, 15) is 14.2 Å². The number of rotatable bonds is 7. The lowest BCUT2D eigenvalue weighted by Gasteiger charge is -2.15. The molecule has 118 valence electrons. The van der Waals surface area contributed by atoms with Gasteiger partial charge in [-0.05, 0) is 50.4 Å². The molecule has 0 N–H and O–H groups in total. The standard InChI is InChI=1S/C15H17O5PS/c1-4-19-21(18,20-5-2)15(17)11-6-7-13-12(8-11)9-14(22-13)10(3)16/h6-9H,4-5H2,1-3H3. The number of carbonyl (C=O) groups is 2. The van der Waals surface area contributed by atoms with Gasteiger partial charge in [-0.15, -0.1) is 11.3 Å². The van der Waals surface area contributed by atoms with Crippen LogP contribution < -0.4 is 0 Å². The van der Waals surface area contributed by atoms with Gasteiger partial charge in [-0.2, -0.15) is 0 Å². The van der Waals surface area contributed by atoms with Crippen molar-refractivity contribution in [1.29, 1.82) is 0 Å². The summed E-state index contributed by atoms with van der Waals surface area (Å²) in [4.78, 5) is 24.5. The number of ketones is 1. The molecule has 7 heteroatoms. The molecule has 0 atom stereocenters. The predicted molar refractivity (Wildman–Crippen MR) is 87.0 cm³/mol. The van der Waals surface area contributed by atoms with Gasteiger partial charge in [0.15, 0.2) is 5.78 Å². The summed E-state index contributed by atoms with van der Waals surface area (Å²) in [6.07, 6.45) is 0. The molecule has 1 heterocycles. The molecule has 0 aliphatic heterocycles. The summed E-state index contributed by atoms with van der Waals surface area (Å²) in [5.74, 6) is -0.0246. The third-order valence-electron chi connectivity index (χ3n) is 2.96. The Bertz CT molecular complexity index is 754. The maximum atomic E-state index is 12.5. The van der Waals surface area contributed by atoms with Crippen molar-refractivity contribution in [2.45, 2.75) is 20.8 Å². The Morgan fingerprint density at radius 2 is 1.77 bits per heavy atom. The second kappa shape index (κ2) is 6.84. The van der Waals surface area contributed by atoms with Crippen LogP contribution in [0.15, 0.2) is 24.3 Å². The van der Waals surface area contributed by atoms with Crippen molar-refractivity contribution in [3.8, 4) is 0 Å². The van der Waals surface area contributed by atoms with E-state index in [2.05, 4.69) is 0 Å². The number of carbonyl (C=O) groups excluding carboxylic acids is 2. The van der Waals surface area contributed by atoms with Crippen LogP contribution in [0.2, 0.25) is 0 Å². The fraction of sp³-hybridized carbons (Fsp3) is 0.333. The number of thiophene rings is 1. The Morgan fingerprint density at radius 3 is 2.32 bits per heavy atom. The van der Waals surface area contributed by atoms with Gasteiger partial charge in [-0.25, -0.2) is 0 Å². The molecule has 0 aliphatic rings. The Labute approximate surface area is 132 Å². The first-order valence-electron chi connectivity index (χ1n) is 6.89. The van der Waals surface area contributed by atoms with E-state index in [4.69, 9.17) is 9.05 Å². The van der Waals surface area contributed by atoms with Gasteiger partial charge in [-0.3, -0.25) is 14.2 Å². The molecule has 22 heavy (non-hydrogen) atoms. The summed E-state index contributed by atoms with van der Waals surface area (Å²) in [5.41, 5.74) is -0.403. The first kappa shape index (κ1) is 17.0. The second-order valence-electron chi connectivity index (χ2n) is 4.56. The van der Waals surface area contributed by atoms with E-state index in [0.29, 0.717) is 4.88 Å². The van der Waals surface area contributed by atoms with Crippen LogP contribution in [0.1, 0.15) is 40.8 Å². The maximum Gasteiger partial charge on any atom is 0.401 e. The third-order valence-corrected chi connectivity index (χ3v) is 6.13. The van der Waals surface area contributed by atoms with E-state index in [-0.39, 0.29) is 24.6 Å². The molecule has 0 radical (unpaired) electrons. The first-order valence-corrected chi connectivity index (χ1v) is 9.25. The summed E-state index contributed by atoms with van der Waals surface area (Å²) < 4.78 is 23.6. The van der Waals surface area contributed by atoms with E-state index >= 15 is 0 Å². The van der Waals surface area contributed by atoms with E-state index in [1.165, 1.54) is 18.3 Å². The Balaban J connectivity index is 2.42. The highest BCUT2D eigenvalue weighted by molar-refractivity contribution is 7.72. The van der Waals surface area contributed by atoms with Crippen molar-refractivity contribution in [2.24, 2.45) is 0 Å². The molecule has 0 unspecified atom stereocenters. The molecular formula is C15H17O5PS. The smallest absolute Gasteiger partial charge is 0.303 e. The normalized spacial score (nSPS) is 11.8. The lowest BCUT2D eigenvalue weighted by atomic mass is 10.2. The van der Waals surface area contributed by atoms with Crippen molar-refractivity contribution in [1.82, 2.24) is 0 Å². The quantitative estimate of drug-likeness (QED) is 0.548. The van der Waals surface area contributed by atoms with Gasteiger partial charge in [-0.1, -0.05) is 0 Å². The average molecular weight is 340 g/mol. The number of Topliss-reactive ketones (excluding diaryl/α,β-unsaturated/α-hetero) is 1. The minimum Gasteiger partial charge on any atom is -0.303 e. The molecule has 0 bridgehead atoms. The van der Waals surface area contributed by atoms with Crippen LogP contribution in [0.5, 0.6) is 0 Å².